The fraction of sp³-hybridized carbons (Fsp3) is 0.667. The van der Waals surface area contributed by atoms with E-state index in [1.165, 1.54) is 26.8 Å². The van der Waals surface area contributed by atoms with Crippen molar-refractivity contribution in [3.05, 3.63) is 35.9 Å². The standard InChI is InChI=1S/C18H23F7O3Si/c1-4-26-18(25)16(21,12-10-8-7-9-11-12)14(17(22,23)24)13(19)15(20)29(18,27-5-2)28-6-3/h7-11,13-15H,4-6H2,1-3H3. The molecule has 0 spiro atoms. The highest BCUT2D eigenvalue weighted by molar-refractivity contribution is 6.72. The van der Waals surface area contributed by atoms with Crippen LogP contribution in [0.4, 0.5) is 30.7 Å². The Morgan fingerprint density at radius 1 is 0.931 bits per heavy atom. The van der Waals surface area contributed by atoms with E-state index in [0.29, 0.717) is 0 Å². The Morgan fingerprint density at radius 3 is 1.86 bits per heavy atom. The van der Waals surface area contributed by atoms with Crippen LogP contribution < -0.4 is 0 Å². The lowest BCUT2D eigenvalue weighted by molar-refractivity contribution is -0.312. The Morgan fingerprint density at radius 2 is 1.45 bits per heavy atom. The second-order valence-electron chi connectivity index (χ2n) is 6.51. The van der Waals surface area contributed by atoms with Gasteiger partial charge in [0.2, 0.25) is 5.67 Å². The van der Waals surface area contributed by atoms with Crippen LogP contribution in [-0.4, -0.2) is 52.0 Å². The van der Waals surface area contributed by atoms with E-state index in [1.807, 2.05) is 0 Å². The lowest BCUT2D eigenvalue weighted by Crippen LogP contribution is -2.83. The van der Waals surface area contributed by atoms with Crippen molar-refractivity contribution in [2.24, 2.45) is 5.92 Å². The molecule has 166 valence electrons. The number of halogens is 7. The summed E-state index contributed by atoms with van der Waals surface area (Å²) in [6, 6.07) is 5.42. The van der Waals surface area contributed by atoms with Gasteiger partial charge < -0.3 is 13.6 Å². The van der Waals surface area contributed by atoms with E-state index < -0.39 is 69.2 Å². The second kappa shape index (κ2) is 8.52. The highest BCUT2D eigenvalue weighted by Crippen LogP contribution is 2.62. The van der Waals surface area contributed by atoms with Crippen LogP contribution in [0.2, 0.25) is 0 Å². The van der Waals surface area contributed by atoms with Gasteiger partial charge >= 0.3 is 14.7 Å². The minimum atomic E-state index is -5.62. The van der Waals surface area contributed by atoms with Crippen LogP contribution in [0, 0.1) is 5.92 Å². The van der Waals surface area contributed by atoms with E-state index in [-0.39, 0.29) is 0 Å². The lowest BCUT2D eigenvalue weighted by Gasteiger charge is -2.56. The molecular weight excluding hydrogens is 425 g/mol. The Balaban J connectivity index is 2.94. The summed E-state index contributed by atoms with van der Waals surface area (Å²) >= 11 is 0. The van der Waals surface area contributed by atoms with Gasteiger partial charge in [0.05, 0.1) is 0 Å². The van der Waals surface area contributed by atoms with Gasteiger partial charge in [-0.05, 0) is 26.3 Å². The molecule has 3 nitrogen and oxygen atoms in total. The van der Waals surface area contributed by atoms with Gasteiger partial charge in [-0.3, -0.25) is 0 Å². The first-order valence-electron chi connectivity index (χ1n) is 9.17. The molecule has 11 heteroatoms. The van der Waals surface area contributed by atoms with E-state index in [1.54, 1.807) is 0 Å². The first-order chi connectivity index (χ1) is 13.5. The van der Waals surface area contributed by atoms with Crippen molar-refractivity contribution in [3.63, 3.8) is 0 Å². The van der Waals surface area contributed by atoms with Crippen LogP contribution in [0.15, 0.2) is 30.3 Å². The summed E-state index contributed by atoms with van der Waals surface area (Å²) in [6.45, 7) is 2.26. The average molecular weight is 448 g/mol. The van der Waals surface area contributed by atoms with Gasteiger partial charge in [-0.25, -0.2) is 17.6 Å². The van der Waals surface area contributed by atoms with Crippen molar-refractivity contribution >= 4 is 8.56 Å². The van der Waals surface area contributed by atoms with Gasteiger partial charge in [0.15, 0.2) is 5.79 Å². The molecule has 0 amide bonds. The molecule has 1 aromatic carbocycles. The fourth-order valence-corrected chi connectivity index (χ4v) is 7.65. The molecule has 1 saturated heterocycles. The number of hydrogen-bond donors (Lipinski definition) is 0. The Hall–Kier alpha value is -1.17. The zero-order valence-electron chi connectivity index (χ0n) is 16.1. The van der Waals surface area contributed by atoms with Crippen molar-refractivity contribution in [2.45, 2.75) is 50.1 Å². The topological polar surface area (TPSA) is 27.7 Å². The van der Waals surface area contributed by atoms with Crippen LogP contribution in [0.5, 0.6) is 0 Å². The summed E-state index contributed by atoms with van der Waals surface area (Å²) in [6.07, 6.45) is -9.09. The highest BCUT2D eigenvalue weighted by Gasteiger charge is 2.87. The van der Waals surface area contributed by atoms with Crippen molar-refractivity contribution < 1.29 is 44.3 Å². The van der Waals surface area contributed by atoms with Crippen LogP contribution in [0.3, 0.4) is 0 Å². The first-order valence-corrected chi connectivity index (χ1v) is 11.1. The summed E-state index contributed by atoms with van der Waals surface area (Å²) in [4.78, 5) is 0. The molecule has 0 bridgehead atoms. The number of benzene rings is 1. The molecule has 1 aromatic rings. The van der Waals surface area contributed by atoms with Gasteiger partial charge in [0.25, 0.3) is 5.48 Å². The average Bonchev–Trinajstić information content (AvgIpc) is 2.65. The third-order valence-corrected chi connectivity index (χ3v) is 8.80. The molecule has 1 aliphatic rings. The van der Waals surface area contributed by atoms with E-state index in [0.717, 1.165) is 24.3 Å². The smallest absolute Gasteiger partial charge is 0.390 e. The zero-order valence-corrected chi connectivity index (χ0v) is 17.1. The van der Waals surface area contributed by atoms with Gasteiger partial charge in [-0.2, -0.15) is 13.2 Å². The second-order valence-corrected chi connectivity index (χ2v) is 9.61. The van der Waals surface area contributed by atoms with Gasteiger partial charge in [-0.1, -0.05) is 30.3 Å². The van der Waals surface area contributed by atoms with E-state index in [4.69, 9.17) is 13.6 Å². The van der Waals surface area contributed by atoms with Crippen molar-refractivity contribution in [1.29, 1.82) is 0 Å². The molecule has 1 aliphatic heterocycles. The van der Waals surface area contributed by atoms with Crippen LogP contribution in [0.25, 0.3) is 0 Å². The van der Waals surface area contributed by atoms with E-state index in [2.05, 4.69) is 0 Å². The fourth-order valence-electron chi connectivity index (χ4n) is 3.90. The van der Waals surface area contributed by atoms with Gasteiger partial charge in [0.1, 0.15) is 12.1 Å². The summed E-state index contributed by atoms with van der Waals surface area (Å²) in [5.74, 6) is -6.86. The third kappa shape index (κ3) is 3.49. The molecule has 0 saturated carbocycles. The normalized spacial score (nSPS) is 34.9. The summed E-state index contributed by atoms with van der Waals surface area (Å²) < 4.78 is 120. The molecule has 2 rings (SSSR count). The Bertz CT molecular complexity index is 671. The molecule has 0 N–H and O–H groups in total. The molecule has 0 radical (unpaired) electrons. The minimum absolute atomic E-state index is 0.445. The quantitative estimate of drug-likeness (QED) is 0.433. The third-order valence-electron chi connectivity index (χ3n) is 4.91. The number of alkyl halides is 7. The molecule has 1 fully saturated rings. The maximum Gasteiger partial charge on any atom is 0.449 e. The van der Waals surface area contributed by atoms with Crippen LogP contribution in [-0.2, 0) is 19.3 Å². The predicted octanol–water partition coefficient (Wildman–Crippen LogP) is 5.02. The molecular formula is C18H23F7O3Si. The van der Waals surface area contributed by atoms with E-state index >= 15 is 13.2 Å². The maximum absolute atomic E-state index is 16.5. The summed E-state index contributed by atoms with van der Waals surface area (Å²) in [7, 11) is -5.37. The summed E-state index contributed by atoms with van der Waals surface area (Å²) in [5.41, 5.74) is -9.02. The number of hydrogen-bond acceptors (Lipinski definition) is 3. The van der Waals surface area contributed by atoms with Crippen molar-refractivity contribution in [2.75, 3.05) is 19.8 Å². The number of ether oxygens (including phenoxy) is 1. The molecule has 5 atom stereocenters. The van der Waals surface area contributed by atoms with E-state index in [9.17, 15) is 17.6 Å². The van der Waals surface area contributed by atoms with Crippen LogP contribution >= 0.6 is 0 Å². The Kier molecular flexibility index (Phi) is 7.08. The predicted molar refractivity (Wildman–Crippen MR) is 93.0 cm³/mol. The largest absolute Gasteiger partial charge is 0.449 e. The van der Waals surface area contributed by atoms with Gasteiger partial charge in [0, 0.05) is 19.8 Å². The maximum atomic E-state index is 16.5. The van der Waals surface area contributed by atoms with Gasteiger partial charge in [-0.15, -0.1) is 0 Å². The molecule has 0 aliphatic carbocycles. The lowest BCUT2D eigenvalue weighted by atomic mass is 9.78. The number of rotatable bonds is 7. The molecule has 5 unspecified atom stereocenters. The van der Waals surface area contributed by atoms with Crippen LogP contribution in [0.1, 0.15) is 26.3 Å². The Labute approximate surface area is 165 Å². The summed E-state index contributed by atoms with van der Waals surface area (Å²) in [5, 5.41) is 0. The SMILES string of the molecule is CCOC1(F)C(F)(c2ccccc2)C(C(F)(F)F)C(F)C(F)[Si]1(OCC)OCC. The molecule has 1 heterocycles. The first kappa shape index (κ1) is 24.1. The zero-order chi connectivity index (χ0) is 22.1. The molecule has 0 aromatic heterocycles. The minimum Gasteiger partial charge on any atom is -0.390 e. The molecule has 29 heavy (non-hydrogen) atoms. The van der Waals surface area contributed by atoms with Crippen molar-refractivity contribution in [3.8, 4) is 0 Å². The highest BCUT2D eigenvalue weighted by atomic mass is 28.4. The van der Waals surface area contributed by atoms with Crippen molar-refractivity contribution in [1.82, 2.24) is 0 Å². The monoisotopic (exact) mass is 448 g/mol.